The van der Waals surface area contributed by atoms with Crippen molar-refractivity contribution >= 4 is 39.5 Å². The monoisotopic (exact) mass is 510 g/mol. The third-order valence-electron chi connectivity index (χ3n) is 5.09. The second kappa shape index (κ2) is 9.58. The number of hydrogen-bond donors (Lipinski definition) is 2. The molecule has 3 rings (SSSR count). The van der Waals surface area contributed by atoms with Gasteiger partial charge in [-0.1, -0.05) is 36.4 Å². The molecule has 0 aliphatic carbocycles. The zero-order valence-electron chi connectivity index (χ0n) is 17.7. The van der Waals surface area contributed by atoms with E-state index in [0.717, 1.165) is 19.1 Å². The highest BCUT2D eigenvalue weighted by molar-refractivity contribution is 9.10. The predicted molar refractivity (Wildman–Crippen MR) is 122 cm³/mol. The molecule has 0 saturated heterocycles. The first-order valence-corrected chi connectivity index (χ1v) is 10.3. The van der Waals surface area contributed by atoms with E-state index >= 15 is 0 Å². The average molecular weight is 511 g/mol. The molecule has 1 aliphatic heterocycles. The highest BCUT2D eigenvalue weighted by Crippen LogP contribution is 2.45. The van der Waals surface area contributed by atoms with Gasteiger partial charge >= 0.3 is 11.9 Å². The first kappa shape index (κ1) is 23.6. The van der Waals surface area contributed by atoms with Crippen LogP contribution in [0.15, 0.2) is 75.7 Å². The highest BCUT2D eigenvalue weighted by Gasteiger charge is 2.44. The molecule has 0 aromatic heterocycles. The van der Waals surface area contributed by atoms with E-state index < -0.39 is 23.8 Å². The number of carbonyl (C=O) groups excluding carboxylic acids is 3. The largest absolute Gasteiger partial charge is 0.466 e. The number of anilines is 1. The number of carbonyl (C=O) groups is 3. The maximum absolute atomic E-state index is 13.1. The number of para-hydroxylation sites is 1. The summed E-state index contributed by atoms with van der Waals surface area (Å²) in [6.07, 6.45) is 0. The van der Waals surface area contributed by atoms with Gasteiger partial charge in [-0.2, -0.15) is 5.26 Å². The molecule has 9 nitrogen and oxygen atoms in total. The van der Waals surface area contributed by atoms with Gasteiger partial charge in [0.2, 0.25) is 0 Å². The average Bonchev–Trinajstić information content (AvgIpc) is 2.82. The van der Waals surface area contributed by atoms with Crippen molar-refractivity contribution in [2.75, 3.05) is 19.1 Å². The van der Waals surface area contributed by atoms with Crippen molar-refractivity contribution in [1.29, 1.82) is 5.26 Å². The van der Waals surface area contributed by atoms with Crippen LogP contribution in [0.5, 0.6) is 0 Å². The summed E-state index contributed by atoms with van der Waals surface area (Å²) in [5.74, 6) is -3.81. The second-order valence-electron chi connectivity index (χ2n) is 6.84. The quantitative estimate of drug-likeness (QED) is 0.582. The smallest absolute Gasteiger partial charge is 0.355 e. The first-order chi connectivity index (χ1) is 15.8. The van der Waals surface area contributed by atoms with E-state index in [4.69, 9.17) is 20.9 Å². The molecule has 168 valence electrons. The van der Waals surface area contributed by atoms with Gasteiger partial charge < -0.3 is 20.9 Å². The maximum atomic E-state index is 13.1. The van der Waals surface area contributed by atoms with Gasteiger partial charge in [0, 0.05) is 4.47 Å². The zero-order valence-corrected chi connectivity index (χ0v) is 19.3. The van der Waals surface area contributed by atoms with Gasteiger partial charge in [0.05, 0.1) is 48.6 Å². The van der Waals surface area contributed by atoms with Crippen LogP contribution in [0.25, 0.3) is 0 Å². The molecule has 33 heavy (non-hydrogen) atoms. The van der Waals surface area contributed by atoms with Crippen LogP contribution in [0.4, 0.5) is 5.69 Å². The Bertz CT molecular complexity index is 1250. The number of allylic oxidation sites excluding steroid dienone is 1. The summed E-state index contributed by atoms with van der Waals surface area (Å²) in [5, 5.41) is 10.1. The minimum atomic E-state index is -1.02. The lowest BCUT2D eigenvalue weighted by Gasteiger charge is -2.36. The summed E-state index contributed by atoms with van der Waals surface area (Å²) >= 11 is 3.35. The number of hydrogen-bond acceptors (Lipinski definition) is 8. The lowest BCUT2D eigenvalue weighted by atomic mass is 9.80. The normalized spacial score (nSPS) is 15.7. The fourth-order valence-electron chi connectivity index (χ4n) is 3.69. The third kappa shape index (κ3) is 4.06. The van der Waals surface area contributed by atoms with E-state index in [-0.39, 0.29) is 33.9 Å². The fraction of sp³-hybridized carbons (Fsp3) is 0.130. The molecule has 1 heterocycles. The Labute approximate surface area is 198 Å². The number of primary amides is 1. The van der Waals surface area contributed by atoms with Gasteiger partial charge in [-0.15, -0.1) is 0 Å². The number of benzene rings is 2. The van der Waals surface area contributed by atoms with E-state index in [1.807, 2.05) is 6.07 Å². The van der Waals surface area contributed by atoms with Crippen molar-refractivity contribution in [2.24, 2.45) is 11.5 Å². The molecule has 0 bridgehead atoms. The fourth-order valence-corrected chi connectivity index (χ4v) is 4.23. The number of halogens is 1. The summed E-state index contributed by atoms with van der Waals surface area (Å²) < 4.78 is 10.3. The Balaban J connectivity index is 2.51. The molecule has 1 aliphatic rings. The summed E-state index contributed by atoms with van der Waals surface area (Å²) in [4.78, 5) is 39.4. The number of amides is 1. The maximum Gasteiger partial charge on any atom is 0.355 e. The molecular formula is C23H19BrN4O5. The predicted octanol–water partition coefficient (Wildman–Crippen LogP) is 2.45. The van der Waals surface area contributed by atoms with Crippen LogP contribution in [0, 0.1) is 11.3 Å². The van der Waals surface area contributed by atoms with Gasteiger partial charge in [0.25, 0.3) is 5.91 Å². The molecule has 10 heteroatoms. The van der Waals surface area contributed by atoms with Crippen LogP contribution in [0.3, 0.4) is 0 Å². The van der Waals surface area contributed by atoms with E-state index in [9.17, 15) is 19.6 Å². The minimum Gasteiger partial charge on any atom is -0.466 e. The van der Waals surface area contributed by atoms with Crippen molar-refractivity contribution in [2.45, 2.75) is 5.92 Å². The number of ether oxygens (including phenoxy) is 2. The molecule has 1 amide bonds. The zero-order chi connectivity index (χ0) is 24.3. The molecule has 2 aromatic carbocycles. The van der Waals surface area contributed by atoms with Crippen molar-refractivity contribution in [3.63, 3.8) is 0 Å². The molecular weight excluding hydrogens is 492 g/mol. The molecule has 0 saturated carbocycles. The Hall–Kier alpha value is -4.10. The summed E-state index contributed by atoms with van der Waals surface area (Å²) in [7, 11) is 2.28. The number of methoxy groups -OCH3 is 2. The van der Waals surface area contributed by atoms with E-state index in [1.54, 1.807) is 42.5 Å². The number of nitrogens with zero attached hydrogens (tertiary/aromatic N) is 2. The summed E-state index contributed by atoms with van der Waals surface area (Å²) in [6.45, 7) is 0. The summed E-state index contributed by atoms with van der Waals surface area (Å²) in [5.41, 5.74) is 12.1. The van der Waals surface area contributed by atoms with Crippen LogP contribution >= 0.6 is 15.9 Å². The van der Waals surface area contributed by atoms with Crippen molar-refractivity contribution in [1.82, 2.24) is 0 Å². The van der Waals surface area contributed by atoms with Crippen molar-refractivity contribution in [3.8, 4) is 6.07 Å². The third-order valence-corrected chi connectivity index (χ3v) is 5.73. The number of rotatable bonds is 5. The lowest BCUT2D eigenvalue weighted by molar-refractivity contribution is -0.139. The van der Waals surface area contributed by atoms with Crippen LogP contribution in [-0.4, -0.2) is 32.1 Å². The van der Waals surface area contributed by atoms with Crippen molar-refractivity contribution < 1.29 is 23.9 Å². The molecule has 2 aromatic rings. The molecule has 4 N–H and O–H groups in total. The Morgan fingerprint density at radius 1 is 1.03 bits per heavy atom. The topological polar surface area (TPSA) is 149 Å². The number of nitrogens with two attached hydrogens (primary N) is 2. The van der Waals surface area contributed by atoms with Crippen LogP contribution in [0.2, 0.25) is 0 Å². The highest BCUT2D eigenvalue weighted by atomic mass is 79.9. The van der Waals surface area contributed by atoms with E-state index in [1.165, 1.54) is 6.07 Å². The Morgan fingerprint density at radius 2 is 1.67 bits per heavy atom. The van der Waals surface area contributed by atoms with Gasteiger partial charge in [0.15, 0.2) is 0 Å². The molecule has 1 atom stereocenters. The first-order valence-electron chi connectivity index (χ1n) is 9.52. The van der Waals surface area contributed by atoms with Crippen molar-refractivity contribution in [3.05, 3.63) is 86.8 Å². The molecule has 0 radical (unpaired) electrons. The molecule has 0 fully saturated rings. The second-order valence-corrected chi connectivity index (χ2v) is 7.69. The van der Waals surface area contributed by atoms with Gasteiger partial charge in [0.1, 0.15) is 11.5 Å². The van der Waals surface area contributed by atoms with E-state index in [2.05, 4.69) is 15.9 Å². The number of nitriles is 1. The lowest BCUT2D eigenvalue weighted by Crippen LogP contribution is -2.41. The number of esters is 2. The summed E-state index contributed by atoms with van der Waals surface area (Å²) in [6, 6.07) is 15.2. The van der Waals surface area contributed by atoms with E-state index in [0.29, 0.717) is 10.0 Å². The Morgan fingerprint density at radius 3 is 2.21 bits per heavy atom. The van der Waals surface area contributed by atoms with Crippen LogP contribution in [-0.2, 0) is 19.1 Å². The minimum absolute atomic E-state index is 0.00612. The van der Waals surface area contributed by atoms with Gasteiger partial charge in [-0.25, -0.2) is 9.59 Å². The Kier molecular flexibility index (Phi) is 6.84. The van der Waals surface area contributed by atoms with Gasteiger partial charge in [-0.3, -0.25) is 9.69 Å². The van der Waals surface area contributed by atoms with Gasteiger partial charge in [-0.05, 0) is 33.6 Å². The van der Waals surface area contributed by atoms with Crippen LogP contribution < -0.4 is 16.4 Å². The standard InChI is InChI=1S/C23H19BrN4O5/c1-32-22(30)17-16(12-7-4-3-5-8-12)14(11-25)20(26)28(19(17)23(31)33-2)18-13(21(27)29)9-6-10-15(18)24/h3-10,16H,26H2,1-2H3,(H2,27,29). The van der Waals surface area contributed by atoms with Crippen LogP contribution in [0.1, 0.15) is 21.8 Å². The molecule has 0 spiro atoms. The SMILES string of the molecule is COC(=O)C1=C(C(=O)OC)N(c2c(Br)cccc2C(N)=O)C(N)=C(C#N)C1c1ccccc1. The molecule has 1 unspecified atom stereocenters.